The van der Waals surface area contributed by atoms with E-state index >= 15 is 0 Å². The third kappa shape index (κ3) is 4.65. The van der Waals surface area contributed by atoms with E-state index in [1.165, 1.54) is 23.1 Å². The molecule has 0 bridgehead atoms. The Morgan fingerprint density at radius 2 is 1.79 bits per heavy atom. The van der Waals surface area contributed by atoms with Crippen LogP contribution in [0.25, 0.3) is 11.5 Å². The summed E-state index contributed by atoms with van der Waals surface area (Å²) in [5.41, 5.74) is 0.681. The summed E-state index contributed by atoms with van der Waals surface area (Å²) in [7, 11) is 4.67. The van der Waals surface area contributed by atoms with Gasteiger partial charge in [-0.25, -0.2) is 0 Å². The van der Waals surface area contributed by atoms with Crippen molar-refractivity contribution in [2.24, 2.45) is 0 Å². The Morgan fingerprint density at radius 3 is 2.43 bits per heavy atom. The maximum Gasteiger partial charge on any atom is 0.248 e. The van der Waals surface area contributed by atoms with Crippen molar-refractivity contribution in [3.8, 4) is 28.7 Å². The number of benzene rings is 1. The normalized spacial score (nSPS) is 10.7. The van der Waals surface area contributed by atoms with Crippen LogP contribution in [0.4, 0.5) is 5.13 Å². The lowest BCUT2D eigenvalue weighted by molar-refractivity contribution is 0.324. The highest BCUT2D eigenvalue weighted by Crippen LogP contribution is 2.41. The minimum Gasteiger partial charge on any atom is -0.493 e. The molecule has 11 heteroatoms. The molecule has 28 heavy (non-hydrogen) atoms. The van der Waals surface area contributed by atoms with E-state index in [2.05, 4.69) is 32.6 Å². The second-order valence-electron chi connectivity index (χ2n) is 5.50. The van der Waals surface area contributed by atoms with Gasteiger partial charge in [0, 0.05) is 12.1 Å². The van der Waals surface area contributed by atoms with Crippen molar-refractivity contribution in [2.45, 2.75) is 23.4 Å². The highest BCUT2D eigenvalue weighted by molar-refractivity contribution is 8.00. The molecule has 0 aliphatic heterocycles. The van der Waals surface area contributed by atoms with E-state index in [1.54, 1.807) is 33.5 Å². The fourth-order valence-corrected chi connectivity index (χ4v) is 3.94. The maximum absolute atomic E-state index is 5.78. The first-order valence-electron chi connectivity index (χ1n) is 8.51. The summed E-state index contributed by atoms with van der Waals surface area (Å²) in [5.74, 6) is 2.91. The lowest BCUT2D eigenvalue weighted by atomic mass is 10.2. The summed E-state index contributed by atoms with van der Waals surface area (Å²) in [6.07, 6.45) is 1.04. The Kier molecular flexibility index (Phi) is 6.93. The van der Waals surface area contributed by atoms with Crippen LogP contribution in [0.1, 0.15) is 19.2 Å². The molecule has 0 saturated carbocycles. The highest BCUT2D eigenvalue weighted by atomic mass is 32.2. The van der Waals surface area contributed by atoms with Gasteiger partial charge in [-0.3, -0.25) is 0 Å². The van der Waals surface area contributed by atoms with Gasteiger partial charge < -0.3 is 23.9 Å². The SMILES string of the molecule is CCCNc1nnc(SCc2nnc(-c3cc(OC)c(OC)c(OC)c3)o2)s1. The van der Waals surface area contributed by atoms with Gasteiger partial charge in [-0.2, -0.15) is 0 Å². The average molecular weight is 424 g/mol. The maximum atomic E-state index is 5.78. The summed E-state index contributed by atoms with van der Waals surface area (Å²) < 4.78 is 22.7. The summed E-state index contributed by atoms with van der Waals surface area (Å²) in [6, 6.07) is 3.53. The van der Waals surface area contributed by atoms with E-state index in [0.29, 0.717) is 40.3 Å². The molecule has 3 aromatic rings. The van der Waals surface area contributed by atoms with Crippen LogP contribution in [0.5, 0.6) is 17.2 Å². The van der Waals surface area contributed by atoms with Gasteiger partial charge in [-0.1, -0.05) is 30.0 Å². The lowest BCUT2D eigenvalue weighted by Crippen LogP contribution is -1.98. The van der Waals surface area contributed by atoms with Gasteiger partial charge in [0.1, 0.15) is 0 Å². The van der Waals surface area contributed by atoms with Crippen LogP contribution in [-0.4, -0.2) is 48.3 Å². The van der Waals surface area contributed by atoms with Crippen LogP contribution in [-0.2, 0) is 5.75 Å². The van der Waals surface area contributed by atoms with Crippen molar-refractivity contribution >= 4 is 28.2 Å². The lowest BCUT2D eigenvalue weighted by Gasteiger charge is -2.12. The first-order valence-corrected chi connectivity index (χ1v) is 10.3. The van der Waals surface area contributed by atoms with Crippen LogP contribution < -0.4 is 19.5 Å². The second kappa shape index (κ2) is 9.60. The number of methoxy groups -OCH3 is 3. The molecule has 1 N–H and O–H groups in total. The molecule has 0 atom stereocenters. The van der Waals surface area contributed by atoms with E-state index in [9.17, 15) is 0 Å². The molecular formula is C17H21N5O4S2. The van der Waals surface area contributed by atoms with E-state index < -0.39 is 0 Å². The summed E-state index contributed by atoms with van der Waals surface area (Å²) in [4.78, 5) is 0. The zero-order valence-corrected chi connectivity index (χ0v) is 17.6. The Morgan fingerprint density at radius 1 is 1.04 bits per heavy atom. The predicted octanol–water partition coefficient (Wildman–Crippen LogP) is 3.73. The fraction of sp³-hybridized carbons (Fsp3) is 0.412. The number of ether oxygens (including phenoxy) is 3. The van der Waals surface area contributed by atoms with Crippen molar-refractivity contribution in [1.82, 2.24) is 20.4 Å². The zero-order valence-electron chi connectivity index (χ0n) is 16.0. The van der Waals surface area contributed by atoms with Crippen LogP contribution >= 0.6 is 23.1 Å². The molecule has 150 valence electrons. The van der Waals surface area contributed by atoms with E-state index in [1.807, 2.05) is 0 Å². The number of rotatable bonds is 10. The first kappa shape index (κ1) is 20.2. The van der Waals surface area contributed by atoms with Crippen LogP contribution in [0.3, 0.4) is 0 Å². The molecule has 0 unspecified atom stereocenters. The van der Waals surface area contributed by atoms with Crippen molar-refractivity contribution in [3.05, 3.63) is 18.0 Å². The zero-order chi connectivity index (χ0) is 19.9. The number of thioether (sulfide) groups is 1. The third-order valence-corrected chi connectivity index (χ3v) is 5.63. The number of hydrogen-bond acceptors (Lipinski definition) is 11. The second-order valence-corrected chi connectivity index (χ2v) is 7.70. The van der Waals surface area contributed by atoms with Crippen molar-refractivity contribution in [2.75, 3.05) is 33.2 Å². The molecule has 1 aromatic carbocycles. The smallest absolute Gasteiger partial charge is 0.248 e. The van der Waals surface area contributed by atoms with Gasteiger partial charge in [-0.05, 0) is 18.6 Å². The van der Waals surface area contributed by atoms with Crippen molar-refractivity contribution in [1.29, 1.82) is 0 Å². The third-order valence-electron chi connectivity index (χ3n) is 3.63. The van der Waals surface area contributed by atoms with Gasteiger partial charge in [0.05, 0.1) is 27.1 Å². The van der Waals surface area contributed by atoms with Crippen LogP contribution in [0.15, 0.2) is 20.9 Å². The van der Waals surface area contributed by atoms with E-state index in [4.69, 9.17) is 18.6 Å². The Hall–Kier alpha value is -2.53. The average Bonchev–Trinajstić information content (AvgIpc) is 3.38. The summed E-state index contributed by atoms with van der Waals surface area (Å²) >= 11 is 3.00. The summed E-state index contributed by atoms with van der Waals surface area (Å²) in [5, 5.41) is 20.5. The molecular weight excluding hydrogens is 402 g/mol. The Bertz CT molecular complexity index is 890. The van der Waals surface area contributed by atoms with Gasteiger partial charge >= 0.3 is 0 Å². The van der Waals surface area contributed by atoms with Gasteiger partial charge in [-0.15, -0.1) is 20.4 Å². The fourth-order valence-electron chi connectivity index (χ4n) is 2.33. The molecule has 0 spiro atoms. The molecule has 9 nitrogen and oxygen atoms in total. The molecule has 2 aromatic heterocycles. The molecule has 0 saturated heterocycles. The number of anilines is 1. The summed E-state index contributed by atoms with van der Waals surface area (Å²) in [6.45, 7) is 2.98. The van der Waals surface area contributed by atoms with Crippen LogP contribution in [0, 0.1) is 0 Å². The molecule has 0 amide bonds. The number of hydrogen-bond donors (Lipinski definition) is 1. The number of nitrogens with one attached hydrogen (secondary N) is 1. The number of nitrogens with zero attached hydrogens (tertiary/aromatic N) is 4. The monoisotopic (exact) mass is 423 g/mol. The predicted molar refractivity (Wildman–Crippen MR) is 108 cm³/mol. The minimum atomic E-state index is 0.373. The first-order chi connectivity index (χ1) is 13.7. The van der Waals surface area contributed by atoms with Crippen LogP contribution in [0.2, 0.25) is 0 Å². The van der Waals surface area contributed by atoms with Crippen molar-refractivity contribution in [3.63, 3.8) is 0 Å². The largest absolute Gasteiger partial charge is 0.493 e. The molecule has 2 heterocycles. The molecule has 0 aliphatic carbocycles. The highest BCUT2D eigenvalue weighted by Gasteiger charge is 2.18. The molecule has 3 rings (SSSR count). The number of aromatic nitrogens is 4. The standard InChI is InChI=1S/C17H21N5O4S2/c1-5-6-18-16-21-22-17(28-16)27-9-13-19-20-15(26-13)10-7-11(23-2)14(25-4)12(8-10)24-3/h7-8H,5-6,9H2,1-4H3,(H,18,21). The van der Waals surface area contributed by atoms with E-state index in [0.717, 1.165) is 22.4 Å². The van der Waals surface area contributed by atoms with Gasteiger partial charge in [0.25, 0.3) is 0 Å². The Balaban J connectivity index is 1.71. The minimum absolute atomic E-state index is 0.373. The van der Waals surface area contributed by atoms with Crippen molar-refractivity contribution < 1.29 is 18.6 Å². The van der Waals surface area contributed by atoms with Gasteiger partial charge in [0.15, 0.2) is 15.8 Å². The molecule has 0 fully saturated rings. The Labute approximate surface area is 170 Å². The quantitative estimate of drug-likeness (QED) is 0.485. The van der Waals surface area contributed by atoms with Gasteiger partial charge in [0.2, 0.25) is 22.7 Å². The topological polar surface area (TPSA) is 104 Å². The van der Waals surface area contributed by atoms with E-state index in [-0.39, 0.29) is 0 Å². The molecule has 0 aliphatic rings. The molecule has 0 radical (unpaired) electrons.